The van der Waals surface area contributed by atoms with Gasteiger partial charge >= 0.3 is 0 Å². The van der Waals surface area contributed by atoms with Gasteiger partial charge in [-0.1, -0.05) is 22.0 Å². The number of nitrogens with zero attached hydrogens (tertiary/aromatic N) is 3. The van der Waals surface area contributed by atoms with Crippen LogP contribution in [0.15, 0.2) is 47.1 Å². The summed E-state index contributed by atoms with van der Waals surface area (Å²) in [6.45, 7) is 0. The summed E-state index contributed by atoms with van der Waals surface area (Å²) < 4.78 is 2.59. The minimum Gasteiger partial charge on any atom is -0.507 e. The van der Waals surface area contributed by atoms with Gasteiger partial charge < -0.3 is 10.4 Å². The lowest BCUT2D eigenvalue weighted by Gasteiger charge is -2.17. The molecule has 0 saturated carbocycles. The molecule has 2 aromatic heterocycles. The number of nitrogens with one attached hydrogen (secondary N) is 1. The van der Waals surface area contributed by atoms with Crippen molar-refractivity contribution >= 4 is 39.2 Å². The largest absolute Gasteiger partial charge is 0.507 e. The molecule has 25 heavy (non-hydrogen) atoms. The second-order valence-corrected chi connectivity index (χ2v) is 7.36. The first-order valence-corrected chi connectivity index (χ1v) is 9.87. The predicted molar refractivity (Wildman–Crippen MR) is 102 cm³/mol. The minimum atomic E-state index is -0.349. The van der Waals surface area contributed by atoms with Crippen LogP contribution in [0.2, 0.25) is 0 Å². The van der Waals surface area contributed by atoms with Gasteiger partial charge in [0, 0.05) is 10.7 Å². The Morgan fingerprint density at radius 1 is 1.36 bits per heavy atom. The van der Waals surface area contributed by atoms with E-state index in [4.69, 9.17) is 0 Å². The van der Waals surface area contributed by atoms with Crippen LogP contribution < -0.4 is 5.32 Å². The Bertz CT molecular complexity index is 899. The van der Waals surface area contributed by atoms with Crippen molar-refractivity contribution in [2.75, 3.05) is 12.0 Å². The topological polar surface area (TPSA) is 79.5 Å². The molecule has 3 aromatic rings. The van der Waals surface area contributed by atoms with Crippen LogP contribution in [0, 0.1) is 0 Å². The van der Waals surface area contributed by atoms with Crippen LogP contribution in [0.25, 0.3) is 5.65 Å². The fraction of sp³-hybridized carbons (Fsp3) is 0.235. The van der Waals surface area contributed by atoms with Gasteiger partial charge in [0.15, 0.2) is 11.5 Å². The summed E-state index contributed by atoms with van der Waals surface area (Å²) in [6, 6.07) is 10.1. The molecule has 130 valence electrons. The maximum absolute atomic E-state index is 12.7. The molecule has 0 saturated heterocycles. The van der Waals surface area contributed by atoms with E-state index in [1.165, 1.54) is 6.07 Å². The van der Waals surface area contributed by atoms with Crippen molar-refractivity contribution in [3.8, 4) is 5.75 Å². The van der Waals surface area contributed by atoms with Gasteiger partial charge in [-0.15, -0.1) is 10.2 Å². The molecule has 1 amide bonds. The maximum Gasteiger partial charge on any atom is 0.255 e. The zero-order chi connectivity index (χ0) is 17.8. The number of pyridine rings is 1. The van der Waals surface area contributed by atoms with E-state index in [9.17, 15) is 9.90 Å². The van der Waals surface area contributed by atoms with Crippen molar-refractivity contribution < 1.29 is 9.90 Å². The number of aromatic nitrogens is 3. The second kappa shape index (κ2) is 7.88. The highest BCUT2D eigenvalue weighted by molar-refractivity contribution is 9.10. The van der Waals surface area contributed by atoms with Crippen LogP contribution in [0.5, 0.6) is 5.75 Å². The van der Waals surface area contributed by atoms with E-state index in [1.54, 1.807) is 23.9 Å². The van der Waals surface area contributed by atoms with Gasteiger partial charge in [-0.05, 0) is 48.8 Å². The fourth-order valence-electron chi connectivity index (χ4n) is 2.53. The molecule has 6 nitrogen and oxygen atoms in total. The van der Waals surface area contributed by atoms with Crippen LogP contribution in [-0.4, -0.2) is 37.6 Å². The first kappa shape index (κ1) is 17.8. The summed E-state index contributed by atoms with van der Waals surface area (Å²) in [7, 11) is 0. The zero-order valence-electron chi connectivity index (χ0n) is 13.5. The Hall–Kier alpha value is -2.06. The number of fused-ring (bicyclic) bond motifs is 1. The van der Waals surface area contributed by atoms with Gasteiger partial charge in [0.2, 0.25) is 0 Å². The zero-order valence-corrected chi connectivity index (χ0v) is 15.9. The third-order valence-corrected chi connectivity index (χ3v) is 4.91. The predicted octanol–water partition coefficient (Wildman–Crippen LogP) is 3.42. The van der Waals surface area contributed by atoms with Gasteiger partial charge in [-0.3, -0.25) is 9.20 Å². The molecule has 3 rings (SSSR count). The molecule has 0 aliphatic rings. The first-order valence-electron chi connectivity index (χ1n) is 7.68. The lowest BCUT2D eigenvalue weighted by molar-refractivity contribution is 0.0931. The van der Waals surface area contributed by atoms with E-state index in [2.05, 4.69) is 31.4 Å². The molecule has 0 aliphatic heterocycles. The van der Waals surface area contributed by atoms with Crippen molar-refractivity contribution in [1.29, 1.82) is 0 Å². The highest BCUT2D eigenvalue weighted by Crippen LogP contribution is 2.24. The van der Waals surface area contributed by atoms with E-state index < -0.39 is 0 Å². The number of phenols is 1. The van der Waals surface area contributed by atoms with E-state index in [0.29, 0.717) is 12.2 Å². The molecule has 1 atom stereocenters. The van der Waals surface area contributed by atoms with Gasteiger partial charge in [-0.25, -0.2) is 0 Å². The summed E-state index contributed by atoms with van der Waals surface area (Å²) in [4.78, 5) is 12.7. The molecule has 1 aromatic carbocycles. The Morgan fingerprint density at radius 2 is 2.20 bits per heavy atom. The smallest absolute Gasteiger partial charge is 0.255 e. The lowest BCUT2D eigenvalue weighted by Crippen LogP contribution is -2.30. The van der Waals surface area contributed by atoms with Crippen LogP contribution in [0.3, 0.4) is 0 Å². The van der Waals surface area contributed by atoms with Crippen molar-refractivity contribution in [3.63, 3.8) is 0 Å². The monoisotopic (exact) mass is 420 g/mol. The average molecular weight is 421 g/mol. The summed E-state index contributed by atoms with van der Waals surface area (Å²) >= 11 is 5.02. The molecule has 1 unspecified atom stereocenters. The summed E-state index contributed by atoms with van der Waals surface area (Å²) in [6.07, 6.45) is 4.60. The van der Waals surface area contributed by atoms with Crippen molar-refractivity contribution in [2.45, 2.75) is 12.5 Å². The molecule has 0 fully saturated rings. The van der Waals surface area contributed by atoms with Gasteiger partial charge in [0.1, 0.15) is 5.75 Å². The van der Waals surface area contributed by atoms with Crippen LogP contribution in [0.1, 0.15) is 28.6 Å². The summed E-state index contributed by atoms with van der Waals surface area (Å²) in [5, 5.41) is 21.4. The number of phenolic OH excluding ortho intramolecular Hbond substituents is 1. The summed E-state index contributed by atoms with van der Waals surface area (Å²) in [5.41, 5.74) is 0.948. The lowest BCUT2D eigenvalue weighted by atomic mass is 10.1. The first-order chi connectivity index (χ1) is 12.1. The maximum atomic E-state index is 12.7. The van der Waals surface area contributed by atoms with Crippen LogP contribution >= 0.6 is 27.7 Å². The third-order valence-electron chi connectivity index (χ3n) is 3.77. The fourth-order valence-corrected chi connectivity index (χ4v) is 3.36. The van der Waals surface area contributed by atoms with Crippen molar-refractivity contribution in [3.05, 3.63) is 58.5 Å². The number of aromatic hydroxyl groups is 1. The number of carbonyl (C=O) groups is 1. The van der Waals surface area contributed by atoms with Gasteiger partial charge in [0.05, 0.1) is 11.6 Å². The number of halogens is 1. The number of thioether (sulfide) groups is 1. The molecular formula is C17H17BrN4O2S. The third kappa shape index (κ3) is 3.96. The molecule has 0 aliphatic carbocycles. The number of hydrogen-bond acceptors (Lipinski definition) is 5. The Balaban J connectivity index is 1.91. The van der Waals surface area contributed by atoms with E-state index in [-0.39, 0.29) is 23.3 Å². The quantitative estimate of drug-likeness (QED) is 0.638. The molecule has 0 radical (unpaired) electrons. The second-order valence-electron chi connectivity index (χ2n) is 5.46. The summed E-state index contributed by atoms with van der Waals surface area (Å²) in [5.74, 6) is 1.12. The Morgan fingerprint density at radius 3 is 3.00 bits per heavy atom. The van der Waals surface area contributed by atoms with Gasteiger partial charge in [0.25, 0.3) is 5.91 Å². The van der Waals surface area contributed by atoms with Crippen LogP contribution in [-0.2, 0) is 0 Å². The highest BCUT2D eigenvalue weighted by Gasteiger charge is 2.22. The standard InChI is InChI=1S/C17H17BrN4O2S/c1-25-9-7-13(16-21-20-15-4-2-3-8-22(15)16)19-17(24)12-10-11(18)5-6-14(12)23/h2-6,8,10,13,23H,7,9H2,1H3,(H,19,24). The van der Waals surface area contributed by atoms with Crippen molar-refractivity contribution in [2.24, 2.45) is 0 Å². The molecule has 8 heteroatoms. The van der Waals surface area contributed by atoms with Gasteiger partial charge in [-0.2, -0.15) is 11.8 Å². The molecule has 0 bridgehead atoms. The minimum absolute atomic E-state index is 0.0598. The van der Waals surface area contributed by atoms with Crippen molar-refractivity contribution in [1.82, 2.24) is 19.9 Å². The average Bonchev–Trinajstić information content (AvgIpc) is 3.04. The molecule has 0 spiro atoms. The highest BCUT2D eigenvalue weighted by atomic mass is 79.9. The molecule has 2 N–H and O–H groups in total. The number of rotatable bonds is 6. The van der Waals surface area contributed by atoms with E-state index in [1.807, 2.05) is 35.1 Å². The normalized spacial score (nSPS) is 12.2. The number of carbonyl (C=O) groups excluding carboxylic acids is 1. The number of benzene rings is 1. The SMILES string of the molecule is CSCCC(NC(=O)c1cc(Br)ccc1O)c1nnc2ccccn12. The van der Waals surface area contributed by atoms with E-state index >= 15 is 0 Å². The van der Waals surface area contributed by atoms with E-state index in [0.717, 1.165) is 15.9 Å². The van der Waals surface area contributed by atoms with Crippen LogP contribution in [0.4, 0.5) is 0 Å². The molecule has 2 heterocycles. The molecular weight excluding hydrogens is 404 g/mol. The Kier molecular flexibility index (Phi) is 5.60. The Labute approximate surface area is 157 Å². The number of hydrogen-bond donors (Lipinski definition) is 2. The number of amides is 1.